The first-order valence-electron chi connectivity index (χ1n) is 7.49. The molecule has 1 aliphatic heterocycles. The molecule has 0 amide bonds. The summed E-state index contributed by atoms with van der Waals surface area (Å²) in [5, 5.41) is 10.3. The van der Waals surface area contributed by atoms with Gasteiger partial charge in [0.2, 0.25) is 10.0 Å². The summed E-state index contributed by atoms with van der Waals surface area (Å²) >= 11 is 0.929. The number of aromatic carboxylic acids is 1. The van der Waals surface area contributed by atoms with Crippen molar-refractivity contribution in [2.24, 2.45) is 0 Å². The van der Waals surface area contributed by atoms with Crippen LogP contribution < -0.4 is 4.72 Å². The maximum Gasteiger partial charge on any atom is 0.345 e. The predicted molar refractivity (Wildman–Crippen MR) is 86.0 cm³/mol. The Labute approximate surface area is 135 Å². The fourth-order valence-electron chi connectivity index (χ4n) is 2.52. The lowest BCUT2D eigenvalue weighted by atomic mass is 10.1. The van der Waals surface area contributed by atoms with Crippen LogP contribution in [0.1, 0.15) is 42.3 Å². The van der Waals surface area contributed by atoms with E-state index in [1.54, 1.807) is 0 Å². The number of thiophene rings is 1. The van der Waals surface area contributed by atoms with Gasteiger partial charge in [-0.3, -0.25) is 0 Å². The van der Waals surface area contributed by atoms with Crippen molar-refractivity contribution in [2.45, 2.75) is 43.5 Å². The molecule has 22 heavy (non-hydrogen) atoms. The molecule has 1 aliphatic rings. The second kappa shape index (κ2) is 7.54. The van der Waals surface area contributed by atoms with Gasteiger partial charge >= 0.3 is 5.97 Å². The number of sulfonamides is 1. The van der Waals surface area contributed by atoms with Crippen LogP contribution in [0.15, 0.2) is 16.3 Å². The second-order valence-corrected chi connectivity index (χ2v) is 8.17. The molecule has 0 aromatic carbocycles. The molecule has 2 N–H and O–H groups in total. The molecule has 0 radical (unpaired) electrons. The highest BCUT2D eigenvalue weighted by Gasteiger charge is 2.25. The van der Waals surface area contributed by atoms with Crippen LogP contribution in [0, 0.1) is 0 Å². The zero-order chi connectivity index (χ0) is 16.2. The van der Waals surface area contributed by atoms with Crippen LogP contribution >= 0.6 is 11.3 Å². The van der Waals surface area contributed by atoms with E-state index in [1.165, 1.54) is 17.9 Å². The summed E-state index contributed by atoms with van der Waals surface area (Å²) in [4.78, 5) is 13.3. The highest BCUT2D eigenvalue weighted by atomic mass is 32.2. The summed E-state index contributed by atoms with van der Waals surface area (Å²) in [6.07, 6.45) is 3.91. The number of likely N-dealkylation sites (tertiary alicyclic amines) is 1. The molecule has 0 saturated carbocycles. The summed E-state index contributed by atoms with van der Waals surface area (Å²) in [6.45, 7) is 5.03. The van der Waals surface area contributed by atoms with Gasteiger partial charge < -0.3 is 10.0 Å². The van der Waals surface area contributed by atoms with Gasteiger partial charge in [-0.05, 0) is 45.0 Å². The molecule has 0 atom stereocenters. The lowest BCUT2D eigenvalue weighted by Gasteiger charge is -2.32. The van der Waals surface area contributed by atoms with Gasteiger partial charge in [0.25, 0.3) is 0 Å². The molecular weight excluding hydrogens is 324 g/mol. The zero-order valence-electron chi connectivity index (χ0n) is 12.6. The third kappa shape index (κ3) is 4.52. The molecule has 2 rings (SSSR count). The van der Waals surface area contributed by atoms with E-state index in [0.29, 0.717) is 0 Å². The van der Waals surface area contributed by atoms with E-state index in [4.69, 9.17) is 5.11 Å². The average Bonchev–Trinajstić information content (AvgIpc) is 2.97. The number of carboxylic acid groups (broad SMARTS) is 1. The summed E-state index contributed by atoms with van der Waals surface area (Å²) in [6, 6.07) is 1.14. The SMILES string of the molecule is CCCCN1CCC(NS(=O)(=O)c2csc(C(=O)O)c2)CC1. The smallest absolute Gasteiger partial charge is 0.345 e. The van der Waals surface area contributed by atoms with Crippen molar-refractivity contribution >= 4 is 27.3 Å². The molecule has 6 nitrogen and oxygen atoms in total. The minimum atomic E-state index is -3.63. The van der Waals surface area contributed by atoms with Gasteiger partial charge in [-0.15, -0.1) is 11.3 Å². The number of carboxylic acids is 1. The number of nitrogens with one attached hydrogen (secondary N) is 1. The molecule has 0 spiro atoms. The quantitative estimate of drug-likeness (QED) is 0.788. The van der Waals surface area contributed by atoms with Gasteiger partial charge in [0.05, 0.1) is 4.90 Å². The van der Waals surface area contributed by atoms with Crippen molar-refractivity contribution in [2.75, 3.05) is 19.6 Å². The molecule has 0 aliphatic carbocycles. The minimum absolute atomic E-state index is 0.0368. The molecule has 1 aromatic heterocycles. The van der Waals surface area contributed by atoms with Crippen molar-refractivity contribution in [3.8, 4) is 0 Å². The Hall–Kier alpha value is -0.960. The van der Waals surface area contributed by atoms with Crippen LogP contribution in [-0.2, 0) is 10.0 Å². The normalized spacial score (nSPS) is 17.7. The van der Waals surface area contributed by atoms with Crippen molar-refractivity contribution in [3.63, 3.8) is 0 Å². The fraction of sp³-hybridized carbons (Fsp3) is 0.643. The van der Waals surface area contributed by atoms with Gasteiger partial charge in [0.15, 0.2) is 0 Å². The highest BCUT2D eigenvalue weighted by Crippen LogP contribution is 2.21. The predicted octanol–water partition coefficient (Wildman–Crippen LogP) is 1.99. The second-order valence-electron chi connectivity index (χ2n) is 5.54. The topological polar surface area (TPSA) is 86.7 Å². The largest absolute Gasteiger partial charge is 0.477 e. The first-order valence-corrected chi connectivity index (χ1v) is 9.85. The van der Waals surface area contributed by atoms with Crippen LogP contribution in [-0.4, -0.2) is 50.1 Å². The van der Waals surface area contributed by atoms with Crippen molar-refractivity contribution in [1.29, 1.82) is 0 Å². The summed E-state index contributed by atoms with van der Waals surface area (Å²) in [5.74, 6) is -1.10. The van der Waals surface area contributed by atoms with E-state index < -0.39 is 16.0 Å². The van der Waals surface area contributed by atoms with E-state index in [9.17, 15) is 13.2 Å². The molecule has 1 aromatic rings. The van der Waals surface area contributed by atoms with Crippen LogP contribution in [0.5, 0.6) is 0 Å². The molecule has 1 saturated heterocycles. The van der Waals surface area contributed by atoms with Crippen LogP contribution in [0.3, 0.4) is 0 Å². The molecular formula is C14H22N2O4S2. The van der Waals surface area contributed by atoms with Gasteiger partial charge in [-0.25, -0.2) is 17.9 Å². The third-order valence-corrected chi connectivity index (χ3v) is 6.40. The van der Waals surface area contributed by atoms with E-state index in [2.05, 4.69) is 16.5 Å². The van der Waals surface area contributed by atoms with Crippen LogP contribution in [0.25, 0.3) is 0 Å². The first kappa shape index (κ1) is 17.4. The van der Waals surface area contributed by atoms with E-state index in [-0.39, 0.29) is 15.8 Å². The molecule has 8 heteroatoms. The maximum absolute atomic E-state index is 12.3. The average molecular weight is 346 g/mol. The highest BCUT2D eigenvalue weighted by molar-refractivity contribution is 7.89. The Morgan fingerprint density at radius 2 is 2.14 bits per heavy atom. The molecule has 124 valence electrons. The van der Waals surface area contributed by atoms with E-state index in [0.717, 1.165) is 50.2 Å². The Kier molecular flexibility index (Phi) is 5.96. The number of piperidine rings is 1. The Morgan fingerprint density at radius 1 is 1.45 bits per heavy atom. The van der Waals surface area contributed by atoms with E-state index >= 15 is 0 Å². The summed E-state index contributed by atoms with van der Waals surface area (Å²) < 4.78 is 27.3. The van der Waals surface area contributed by atoms with Gasteiger partial charge in [0.1, 0.15) is 4.88 Å². The van der Waals surface area contributed by atoms with Crippen molar-refractivity contribution in [1.82, 2.24) is 9.62 Å². The van der Waals surface area contributed by atoms with Crippen molar-refractivity contribution < 1.29 is 18.3 Å². The van der Waals surface area contributed by atoms with Crippen LogP contribution in [0.4, 0.5) is 0 Å². The first-order chi connectivity index (χ1) is 10.4. The maximum atomic E-state index is 12.3. The lowest BCUT2D eigenvalue weighted by molar-refractivity contribution is 0.0702. The number of unbranched alkanes of at least 4 members (excludes halogenated alkanes) is 1. The molecule has 0 bridgehead atoms. The monoisotopic (exact) mass is 346 g/mol. The number of carbonyl (C=O) groups is 1. The number of rotatable bonds is 7. The zero-order valence-corrected chi connectivity index (χ0v) is 14.3. The lowest BCUT2D eigenvalue weighted by Crippen LogP contribution is -2.44. The van der Waals surface area contributed by atoms with Gasteiger partial charge in [-0.2, -0.15) is 0 Å². The minimum Gasteiger partial charge on any atom is -0.477 e. The number of hydrogen-bond acceptors (Lipinski definition) is 5. The fourth-order valence-corrected chi connectivity index (χ4v) is 4.93. The third-order valence-electron chi connectivity index (χ3n) is 3.83. The Morgan fingerprint density at radius 3 is 2.68 bits per heavy atom. The standard InChI is InChI=1S/C14H22N2O4S2/c1-2-3-6-16-7-4-11(5-8-16)15-22(19,20)12-9-13(14(17)18)21-10-12/h9-11,15H,2-8H2,1H3,(H,17,18). The van der Waals surface area contributed by atoms with Gasteiger partial charge in [-0.1, -0.05) is 13.3 Å². The summed E-state index contributed by atoms with van der Waals surface area (Å²) in [7, 11) is -3.63. The number of hydrogen-bond donors (Lipinski definition) is 2. The molecule has 0 unspecified atom stereocenters. The Balaban J connectivity index is 1.91. The van der Waals surface area contributed by atoms with E-state index in [1.807, 2.05) is 0 Å². The van der Waals surface area contributed by atoms with Gasteiger partial charge in [0, 0.05) is 11.4 Å². The number of nitrogens with zero attached hydrogens (tertiary/aromatic N) is 1. The van der Waals surface area contributed by atoms with Crippen LogP contribution in [0.2, 0.25) is 0 Å². The summed E-state index contributed by atoms with van der Waals surface area (Å²) in [5.41, 5.74) is 0. The van der Waals surface area contributed by atoms with Crippen molar-refractivity contribution in [3.05, 3.63) is 16.3 Å². The molecule has 1 fully saturated rings. The molecule has 2 heterocycles. The Bertz CT molecular complexity index is 604.